The van der Waals surface area contributed by atoms with Gasteiger partial charge in [-0.15, -0.1) is 11.3 Å². The van der Waals surface area contributed by atoms with Crippen LogP contribution >= 0.6 is 11.3 Å². The van der Waals surface area contributed by atoms with Crippen LogP contribution in [0.25, 0.3) is 0 Å². The number of nitrogens with zero attached hydrogens (tertiary/aromatic N) is 4. The Morgan fingerprint density at radius 3 is 2.11 bits per heavy atom. The van der Waals surface area contributed by atoms with Gasteiger partial charge in [-0.05, 0) is 69.5 Å². The zero-order valence-electron chi connectivity index (χ0n) is 41.1. The molecule has 2 heterocycles. The van der Waals surface area contributed by atoms with Gasteiger partial charge < -0.3 is 34.6 Å². The number of likely N-dealkylation sites (tertiary alicyclic amines) is 1. The van der Waals surface area contributed by atoms with Crippen molar-refractivity contribution in [1.82, 2.24) is 30.3 Å². The molecule has 4 rings (SSSR count). The molecular formula is C50H82N6O7S. The molecule has 64 heavy (non-hydrogen) atoms. The highest BCUT2D eigenvalue weighted by atomic mass is 32.1. The Morgan fingerprint density at radius 1 is 0.859 bits per heavy atom. The van der Waals surface area contributed by atoms with Crippen molar-refractivity contribution in [2.24, 2.45) is 23.7 Å². The summed E-state index contributed by atoms with van der Waals surface area (Å²) >= 11 is 1.59. The number of likely N-dealkylation sites (N-methyl/N-ethyl adjacent to an activating group) is 2. The Kier molecular flexibility index (Phi) is 21.6. The van der Waals surface area contributed by atoms with Crippen LogP contribution in [-0.2, 0) is 46.4 Å². The topological polar surface area (TPSA) is 143 Å². The molecular weight excluding hydrogens is 829 g/mol. The van der Waals surface area contributed by atoms with Crippen molar-refractivity contribution in [3.8, 4) is 0 Å². The van der Waals surface area contributed by atoms with Crippen molar-refractivity contribution < 1.29 is 33.4 Å². The smallest absolute Gasteiger partial charge is 0.245 e. The van der Waals surface area contributed by atoms with E-state index in [2.05, 4.69) is 36.6 Å². The van der Waals surface area contributed by atoms with E-state index < -0.39 is 36.3 Å². The number of carbonyl (C=O) groups excluding carboxylic acids is 4. The maximum absolute atomic E-state index is 14.5. The Balaban J connectivity index is 1.49. The second kappa shape index (κ2) is 26.0. The summed E-state index contributed by atoms with van der Waals surface area (Å²) in [6.07, 6.45) is 11.0. The lowest BCUT2D eigenvalue weighted by Crippen LogP contribution is -2.59. The predicted octanol–water partition coefficient (Wildman–Crippen LogP) is 7.43. The lowest BCUT2D eigenvalue weighted by molar-refractivity contribution is -0.148. The average molecular weight is 911 g/mol. The van der Waals surface area contributed by atoms with Crippen molar-refractivity contribution in [1.29, 1.82) is 0 Å². The van der Waals surface area contributed by atoms with E-state index in [9.17, 15) is 19.2 Å². The first-order chi connectivity index (χ1) is 30.5. The first kappa shape index (κ1) is 53.2. The second-order valence-electron chi connectivity index (χ2n) is 19.3. The second-order valence-corrected chi connectivity index (χ2v) is 20.5. The highest BCUT2D eigenvalue weighted by Gasteiger charge is 2.43. The van der Waals surface area contributed by atoms with Crippen molar-refractivity contribution >= 4 is 35.0 Å². The van der Waals surface area contributed by atoms with Gasteiger partial charge >= 0.3 is 0 Å². The summed E-state index contributed by atoms with van der Waals surface area (Å²) < 4.78 is 18.6. The largest absolute Gasteiger partial charge is 0.379 e. The van der Waals surface area contributed by atoms with Crippen molar-refractivity contribution in [3.63, 3.8) is 0 Å². The molecule has 0 radical (unpaired) electrons. The summed E-state index contributed by atoms with van der Waals surface area (Å²) in [5.41, 5.74) is 1.09. The fourth-order valence-electron chi connectivity index (χ4n) is 9.92. The number of thiazole rings is 1. The predicted molar refractivity (Wildman–Crippen MR) is 255 cm³/mol. The van der Waals surface area contributed by atoms with Gasteiger partial charge in [0.05, 0.1) is 66.3 Å². The summed E-state index contributed by atoms with van der Waals surface area (Å²) in [6.45, 7) is 14.9. The van der Waals surface area contributed by atoms with Crippen LogP contribution in [-0.4, -0.2) is 128 Å². The van der Waals surface area contributed by atoms with Crippen molar-refractivity contribution in [3.05, 3.63) is 52.0 Å². The first-order valence-corrected chi connectivity index (χ1v) is 24.8. The molecule has 1 saturated heterocycles. The minimum Gasteiger partial charge on any atom is -0.379 e. The van der Waals surface area contributed by atoms with Gasteiger partial charge in [0.1, 0.15) is 11.0 Å². The summed E-state index contributed by atoms with van der Waals surface area (Å²) in [7, 11) is 8.70. The summed E-state index contributed by atoms with van der Waals surface area (Å²) in [4.78, 5) is 68.0. The monoisotopic (exact) mass is 911 g/mol. The molecule has 4 amide bonds. The number of carbonyl (C=O) groups is 4. The van der Waals surface area contributed by atoms with Gasteiger partial charge in [-0.3, -0.25) is 24.1 Å². The number of aromatic nitrogens is 1. The molecule has 1 unspecified atom stereocenters. The number of methoxy groups -OCH3 is 2. The number of nitrogens with one attached hydrogen (secondary N) is 2. The molecule has 1 aliphatic carbocycles. The number of ether oxygens (including phenoxy) is 3. The Morgan fingerprint density at radius 2 is 1.53 bits per heavy atom. The number of benzene rings is 1. The lowest BCUT2D eigenvalue weighted by Gasteiger charge is -2.41. The third kappa shape index (κ3) is 14.5. The minimum atomic E-state index is -0.758. The molecule has 2 aromatic rings. The van der Waals surface area contributed by atoms with Gasteiger partial charge in [-0.1, -0.05) is 111 Å². The summed E-state index contributed by atoms with van der Waals surface area (Å²) in [5, 5.41) is 7.23. The van der Waals surface area contributed by atoms with Crippen LogP contribution < -0.4 is 10.6 Å². The van der Waals surface area contributed by atoms with E-state index in [4.69, 9.17) is 19.2 Å². The third-order valence-electron chi connectivity index (χ3n) is 13.7. The first-order valence-electron chi connectivity index (χ1n) is 24.0. The standard InChI is InChI=1S/C50H82N6O7S/c1-13-34(6)45(55(10)50(60)43(32(2)3)53-48(59)44(33(4)5)54(8)9)41(61-11)29-42(57)56-27-21-26-40(56)46(62-12)35(7)47(58)52-39(28-36-22-17-16-18-23-36)49-51-30-38(64-49)31-63-37-24-19-14-15-20-25-37/h16-18,22-23,30,32-35,37,39-41,43-46H,13-15,19-21,24-29,31H2,1-12H3,(H,52,58)(H,53,59)/t34-,35+,39?,40-,41+,43-,44-,45-,46+/m0/s1. The van der Waals surface area contributed by atoms with Gasteiger partial charge in [0.2, 0.25) is 23.6 Å². The fourth-order valence-corrected chi connectivity index (χ4v) is 10.8. The number of amides is 4. The molecule has 1 aromatic carbocycles. The van der Waals surface area contributed by atoms with Gasteiger partial charge in [-0.2, -0.15) is 0 Å². The molecule has 0 spiro atoms. The SMILES string of the molecule is CC[C@H](C)[C@@H]([C@@H](CC(=O)N1CCC[C@H]1[C@H](OC)[C@@H](C)C(=O)NC(Cc1ccccc1)c1ncc(COC2CCCCCC2)s1)OC)N(C)C(=O)[C@@H](NC(=O)[C@H](C(C)C)N(C)C)C(C)C. The Bertz CT molecular complexity index is 1730. The maximum Gasteiger partial charge on any atom is 0.245 e. The van der Waals surface area contributed by atoms with Gasteiger partial charge in [-0.25, -0.2) is 4.98 Å². The number of hydrogen-bond acceptors (Lipinski definition) is 10. The molecule has 2 fully saturated rings. The minimum absolute atomic E-state index is 0.0167. The van der Waals surface area contributed by atoms with E-state index in [1.165, 1.54) is 25.7 Å². The van der Waals surface area contributed by atoms with Crippen LogP contribution in [0.1, 0.15) is 134 Å². The number of rotatable bonds is 24. The zero-order chi connectivity index (χ0) is 47.1. The van der Waals surface area contributed by atoms with E-state index >= 15 is 0 Å². The Labute approximate surface area is 389 Å². The Hall–Kier alpha value is -3.43. The maximum atomic E-state index is 14.5. The van der Waals surface area contributed by atoms with E-state index in [0.29, 0.717) is 26.0 Å². The molecule has 1 aromatic heterocycles. The van der Waals surface area contributed by atoms with E-state index in [1.807, 2.05) is 82.9 Å². The molecule has 9 atom stereocenters. The molecule has 1 aliphatic heterocycles. The normalized spacial score (nSPS) is 20.0. The number of hydrogen-bond donors (Lipinski definition) is 2. The molecule has 14 heteroatoms. The quantitative estimate of drug-likeness (QED) is 0.103. The van der Waals surface area contributed by atoms with E-state index in [1.54, 1.807) is 37.5 Å². The van der Waals surface area contributed by atoms with E-state index in [-0.39, 0.29) is 66.0 Å². The van der Waals surface area contributed by atoms with Crippen LogP contribution in [0.4, 0.5) is 0 Å². The molecule has 2 N–H and O–H groups in total. The van der Waals surface area contributed by atoms with Crippen molar-refractivity contribution in [2.75, 3.05) is 41.9 Å². The third-order valence-corrected chi connectivity index (χ3v) is 14.8. The summed E-state index contributed by atoms with van der Waals surface area (Å²) in [6, 6.07) is 7.83. The van der Waals surface area contributed by atoms with Crippen LogP contribution in [0, 0.1) is 23.7 Å². The van der Waals surface area contributed by atoms with Crippen LogP contribution in [0.5, 0.6) is 0 Å². The molecule has 0 bridgehead atoms. The highest BCUT2D eigenvalue weighted by molar-refractivity contribution is 7.11. The summed E-state index contributed by atoms with van der Waals surface area (Å²) in [5.74, 6) is -1.41. The van der Waals surface area contributed by atoms with E-state index in [0.717, 1.165) is 41.1 Å². The average Bonchev–Trinajstić information content (AvgIpc) is 3.88. The fraction of sp³-hybridized carbons (Fsp3) is 0.740. The molecule has 13 nitrogen and oxygen atoms in total. The van der Waals surface area contributed by atoms with Crippen LogP contribution in [0.15, 0.2) is 36.5 Å². The molecule has 2 aliphatic rings. The van der Waals surface area contributed by atoms with Gasteiger partial charge in [0, 0.05) is 34.0 Å². The molecule has 1 saturated carbocycles. The molecule has 360 valence electrons. The van der Waals surface area contributed by atoms with Gasteiger partial charge in [0.25, 0.3) is 0 Å². The zero-order valence-corrected chi connectivity index (χ0v) is 42.0. The van der Waals surface area contributed by atoms with Crippen LogP contribution in [0.3, 0.4) is 0 Å². The van der Waals surface area contributed by atoms with Crippen molar-refractivity contribution in [2.45, 2.75) is 174 Å². The highest BCUT2D eigenvalue weighted by Crippen LogP contribution is 2.32. The van der Waals surface area contributed by atoms with Gasteiger partial charge in [0.15, 0.2) is 0 Å². The van der Waals surface area contributed by atoms with Crippen LogP contribution in [0.2, 0.25) is 0 Å². The lowest BCUT2D eigenvalue weighted by atomic mass is 9.89.